The number of nitrogens with zero attached hydrogens (tertiary/aromatic N) is 4. The number of nitrogens with one attached hydrogen (secondary N) is 1. The zero-order valence-corrected chi connectivity index (χ0v) is 16.1. The smallest absolute Gasteiger partial charge is 0.387 e. The fraction of sp³-hybridized carbons (Fsp3) is 0.211. The minimum atomic E-state index is -3.03. The summed E-state index contributed by atoms with van der Waals surface area (Å²) in [6.45, 7) is -2.05. The van der Waals surface area contributed by atoms with Gasteiger partial charge in [0.25, 0.3) is 5.91 Å². The number of carbonyl (C=O) groups excluding carboxylic acids is 1. The highest BCUT2D eigenvalue weighted by Gasteiger charge is 2.28. The number of anilines is 2. The third kappa shape index (κ3) is 4.18. The first-order valence-corrected chi connectivity index (χ1v) is 9.27. The highest BCUT2D eigenvalue weighted by Crippen LogP contribution is 2.24. The summed E-state index contributed by atoms with van der Waals surface area (Å²) in [6.07, 6.45) is 1.53. The lowest BCUT2D eigenvalue weighted by Crippen LogP contribution is -2.40. The molecular weight excluding hydrogens is 423 g/mol. The van der Waals surface area contributed by atoms with E-state index < -0.39 is 12.4 Å². The Bertz CT molecular complexity index is 1090. The van der Waals surface area contributed by atoms with Crippen molar-refractivity contribution in [1.82, 2.24) is 14.8 Å². The van der Waals surface area contributed by atoms with Gasteiger partial charge in [0, 0.05) is 23.8 Å². The van der Waals surface area contributed by atoms with Crippen molar-refractivity contribution in [3.63, 3.8) is 0 Å². The van der Waals surface area contributed by atoms with Gasteiger partial charge >= 0.3 is 6.61 Å². The van der Waals surface area contributed by atoms with Crippen molar-refractivity contribution in [1.29, 1.82) is 0 Å². The number of alkyl halides is 2. The number of carbonyl (C=O) groups is 1. The predicted octanol–water partition coefficient (Wildman–Crippen LogP) is 3.94. The molecule has 0 unspecified atom stereocenters. The normalized spacial score (nSPS) is 13.5. The van der Waals surface area contributed by atoms with Gasteiger partial charge in [0.05, 0.1) is 24.5 Å². The van der Waals surface area contributed by atoms with E-state index in [1.807, 2.05) is 0 Å². The molecule has 156 valence electrons. The van der Waals surface area contributed by atoms with Crippen molar-refractivity contribution in [3.8, 4) is 5.75 Å². The fourth-order valence-electron chi connectivity index (χ4n) is 3.09. The van der Waals surface area contributed by atoms with E-state index in [2.05, 4.69) is 20.1 Å². The van der Waals surface area contributed by atoms with Crippen LogP contribution in [0.5, 0.6) is 5.75 Å². The number of halogens is 4. The van der Waals surface area contributed by atoms with Crippen molar-refractivity contribution >= 4 is 29.0 Å². The minimum absolute atomic E-state index is 0.0960. The number of hydrogen-bond donors (Lipinski definition) is 1. The van der Waals surface area contributed by atoms with Gasteiger partial charge in [-0.1, -0.05) is 11.6 Å². The Morgan fingerprint density at radius 3 is 2.77 bits per heavy atom. The molecule has 1 aliphatic rings. The molecule has 3 heterocycles. The van der Waals surface area contributed by atoms with Crippen LogP contribution in [0, 0.1) is 5.82 Å². The predicted molar refractivity (Wildman–Crippen MR) is 104 cm³/mol. The van der Waals surface area contributed by atoms with Gasteiger partial charge in [0.2, 0.25) is 0 Å². The standard InChI is InChI=1S/C19H15ClF3N5O2/c20-11-3-4-24-17(7-11)27-5-6-28-16(18(27)29)8-12(26-28)10-25-15-2-1-13(9-14(15)21)30-19(22)23/h1-4,7-9,19,25H,5-6,10H2. The zero-order valence-electron chi connectivity index (χ0n) is 15.4. The second-order valence-corrected chi connectivity index (χ2v) is 6.84. The number of aromatic nitrogens is 3. The summed E-state index contributed by atoms with van der Waals surface area (Å²) < 4.78 is 44.2. The molecule has 1 N–H and O–H groups in total. The molecular formula is C19H15ClF3N5O2. The Morgan fingerprint density at radius 2 is 2.03 bits per heavy atom. The third-order valence-corrected chi connectivity index (χ3v) is 4.68. The van der Waals surface area contributed by atoms with Gasteiger partial charge < -0.3 is 10.1 Å². The molecule has 1 aromatic carbocycles. The van der Waals surface area contributed by atoms with E-state index in [1.165, 1.54) is 23.2 Å². The summed E-state index contributed by atoms with van der Waals surface area (Å²) in [7, 11) is 0. The molecule has 0 saturated heterocycles. The minimum Gasteiger partial charge on any atom is -0.435 e. The fourth-order valence-corrected chi connectivity index (χ4v) is 3.25. The number of fused-ring (bicyclic) bond motifs is 1. The molecule has 0 bridgehead atoms. The number of benzene rings is 1. The molecule has 0 spiro atoms. The SMILES string of the molecule is O=C1c2cc(CNc3ccc(OC(F)F)cc3F)nn2CCN1c1cc(Cl)ccn1. The van der Waals surface area contributed by atoms with E-state index in [-0.39, 0.29) is 23.9 Å². The number of rotatable bonds is 6. The average molecular weight is 438 g/mol. The quantitative estimate of drug-likeness (QED) is 0.632. The van der Waals surface area contributed by atoms with E-state index in [0.29, 0.717) is 35.3 Å². The molecule has 1 amide bonds. The molecule has 7 nitrogen and oxygen atoms in total. The van der Waals surface area contributed by atoms with Crippen LogP contribution >= 0.6 is 11.6 Å². The second kappa shape index (κ2) is 8.23. The lowest BCUT2D eigenvalue weighted by atomic mass is 10.2. The summed E-state index contributed by atoms with van der Waals surface area (Å²) in [5.74, 6) is -0.834. The Balaban J connectivity index is 1.46. The van der Waals surface area contributed by atoms with E-state index in [4.69, 9.17) is 11.6 Å². The Morgan fingerprint density at radius 1 is 1.20 bits per heavy atom. The first-order chi connectivity index (χ1) is 14.4. The number of amides is 1. The number of ether oxygens (including phenoxy) is 1. The highest BCUT2D eigenvalue weighted by atomic mass is 35.5. The summed E-state index contributed by atoms with van der Waals surface area (Å²) in [5, 5.41) is 7.67. The molecule has 1 aliphatic heterocycles. The van der Waals surface area contributed by atoms with Crippen LogP contribution in [0.2, 0.25) is 5.02 Å². The maximum Gasteiger partial charge on any atom is 0.387 e. The molecule has 0 atom stereocenters. The molecule has 0 radical (unpaired) electrons. The summed E-state index contributed by atoms with van der Waals surface area (Å²) in [6, 6.07) is 8.23. The van der Waals surface area contributed by atoms with Gasteiger partial charge in [0.1, 0.15) is 23.1 Å². The number of pyridine rings is 1. The Kier molecular flexibility index (Phi) is 5.49. The van der Waals surface area contributed by atoms with Crippen molar-refractivity contribution in [2.24, 2.45) is 0 Å². The summed E-state index contributed by atoms with van der Waals surface area (Å²) in [4.78, 5) is 18.5. The Labute approximate surface area is 174 Å². The average Bonchev–Trinajstić information content (AvgIpc) is 3.11. The van der Waals surface area contributed by atoms with Gasteiger partial charge in [0.15, 0.2) is 0 Å². The lowest BCUT2D eigenvalue weighted by Gasteiger charge is -2.26. The van der Waals surface area contributed by atoms with E-state index in [9.17, 15) is 18.0 Å². The van der Waals surface area contributed by atoms with Crippen LogP contribution in [-0.4, -0.2) is 33.8 Å². The van der Waals surface area contributed by atoms with E-state index >= 15 is 0 Å². The lowest BCUT2D eigenvalue weighted by molar-refractivity contribution is -0.0499. The molecule has 11 heteroatoms. The monoisotopic (exact) mass is 437 g/mol. The van der Waals surface area contributed by atoms with Gasteiger partial charge in [-0.15, -0.1) is 0 Å². The van der Waals surface area contributed by atoms with Crippen molar-refractivity contribution in [2.75, 3.05) is 16.8 Å². The van der Waals surface area contributed by atoms with Crippen LogP contribution in [-0.2, 0) is 13.1 Å². The first kappa shape index (κ1) is 20.0. The first-order valence-electron chi connectivity index (χ1n) is 8.89. The molecule has 30 heavy (non-hydrogen) atoms. The van der Waals surface area contributed by atoms with E-state index in [1.54, 1.807) is 22.9 Å². The maximum absolute atomic E-state index is 14.1. The summed E-state index contributed by atoms with van der Waals surface area (Å²) >= 11 is 5.98. The number of hydrogen-bond acceptors (Lipinski definition) is 5. The van der Waals surface area contributed by atoms with Crippen molar-refractivity contribution < 1.29 is 22.7 Å². The van der Waals surface area contributed by atoms with Gasteiger partial charge in [-0.2, -0.15) is 13.9 Å². The molecule has 0 aliphatic carbocycles. The molecule has 4 rings (SSSR count). The van der Waals surface area contributed by atoms with Crippen LogP contribution in [0.4, 0.5) is 24.7 Å². The maximum atomic E-state index is 14.1. The van der Waals surface area contributed by atoms with E-state index in [0.717, 1.165) is 6.07 Å². The van der Waals surface area contributed by atoms with Gasteiger partial charge in [-0.3, -0.25) is 14.4 Å². The van der Waals surface area contributed by atoms with Crippen LogP contribution in [0.1, 0.15) is 16.2 Å². The highest BCUT2D eigenvalue weighted by molar-refractivity contribution is 6.30. The van der Waals surface area contributed by atoms with Crippen LogP contribution in [0.3, 0.4) is 0 Å². The van der Waals surface area contributed by atoms with Crippen molar-refractivity contribution in [2.45, 2.75) is 19.7 Å². The second-order valence-electron chi connectivity index (χ2n) is 6.41. The van der Waals surface area contributed by atoms with Crippen LogP contribution in [0.25, 0.3) is 0 Å². The topological polar surface area (TPSA) is 72.3 Å². The zero-order chi connectivity index (χ0) is 21.3. The van der Waals surface area contributed by atoms with Gasteiger partial charge in [-0.05, 0) is 30.3 Å². The largest absolute Gasteiger partial charge is 0.435 e. The van der Waals surface area contributed by atoms with Crippen LogP contribution in [0.15, 0.2) is 42.6 Å². The molecule has 3 aromatic rings. The summed E-state index contributed by atoms with van der Waals surface area (Å²) in [5.41, 5.74) is 0.992. The molecule has 0 saturated carbocycles. The Hall–Kier alpha value is -3.27. The van der Waals surface area contributed by atoms with Crippen molar-refractivity contribution in [3.05, 3.63) is 64.8 Å². The third-order valence-electron chi connectivity index (χ3n) is 4.44. The van der Waals surface area contributed by atoms with Crippen LogP contribution < -0.4 is 15.0 Å². The molecule has 0 fully saturated rings. The van der Waals surface area contributed by atoms with Gasteiger partial charge in [-0.25, -0.2) is 9.37 Å². The molecule has 2 aromatic heterocycles.